The van der Waals surface area contributed by atoms with E-state index in [1.54, 1.807) is 27.7 Å². The fourth-order valence-electron chi connectivity index (χ4n) is 9.84. The molecule has 4 aromatic carbocycles. The minimum absolute atomic E-state index is 0. The SMILES string of the molecule is CCCCOCC(C)(O[O-])c1cc(OCCCC)ccc1OCCCC.CCCCOCC(C)(O[O-])c1cc(OCCCC)ccc1OCCCC.CCCCOCC(C)(O[O-])c1cc(OCCCC)ccc1OCCCC.CCCCOCC(C)(O[O-])c1cc(OCCCC)ccc1OCCCC.[Zr+4]. The second-order valence-corrected chi connectivity index (χ2v) is 27.1. The van der Waals surface area contributed by atoms with Gasteiger partial charge in [-0.3, -0.25) is 0 Å². The van der Waals surface area contributed by atoms with Crippen molar-refractivity contribution in [2.24, 2.45) is 0 Å². The van der Waals surface area contributed by atoms with E-state index < -0.39 is 22.4 Å². The van der Waals surface area contributed by atoms with E-state index >= 15 is 0 Å². The second-order valence-electron chi connectivity index (χ2n) is 27.1. The summed E-state index contributed by atoms with van der Waals surface area (Å²) in [7, 11) is 0. The maximum atomic E-state index is 11.6. The van der Waals surface area contributed by atoms with Crippen molar-refractivity contribution >= 4 is 0 Å². The van der Waals surface area contributed by atoms with E-state index in [4.69, 9.17) is 56.8 Å². The Labute approximate surface area is 653 Å². The Balaban J connectivity index is 0.00000137. The minimum atomic E-state index is -1.13. The van der Waals surface area contributed by atoms with Crippen LogP contribution in [0.2, 0.25) is 0 Å². The first-order chi connectivity index (χ1) is 50.4. The van der Waals surface area contributed by atoms with Gasteiger partial charge in [0.25, 0.3) is 0 Å². The molecule has 0 aliphatic rings. The van der Waals surface area contributed by atoms with E-state index in [0.717, 1.165) is 154 Å². The quantitative estimate of drug-likeness (QED) is 0.0227. The zero-order valence-electron chi connectivity index (χ0n) is 67.9. The van der Waals surface area contributed by atoms with E-state index in [0.29, 0.717) is 148 Å². The molecule has 4 aromatic rings. The van der Waals surface area contributed by atoms with Crippen molar-refractivity contribution in [3.63, 3.8) is 0 Å². The molecule has 600 valence electrons. The molecule has 0 spiro atoms. The van der Waals surface area contributed by atoms with E-state index in [9.17, 15) is 21.0 Å². The van der Waals surface area contributed by atoms with Crippen molar-refractivity contribution < 1.29 is 124 Å². The summed E-state index contributed by atoms with van der Waals surface area (Å²) in [6.07, 6.45) is 24.2. The summed E-state index contributed by atoms with van der Waals surface area (Å²) in [5.74, 6) is 5.47. The molecule has 0 aromatic heterocycles. The van der Waals surface area contributed by atoms with E-state index in [-0.39, 0.29) is 52.6 Å². The average molecular weight is 1560 g/mol. The molecule has 20 nitrogen and oxygen atoms in total. The number of unbranched alkanes of at least 4 members (excludes halogenated alkanes) is 12. The molecule has 0 heterocycles. The van der Waals surface area contributed by atoms with Crippen LogP contribution in [0.3, 0.4) is 0 Å². The molecule has 4 rings (SSSR count). The molecule has 4 atom stereocenters. The Kier molecular flexibility index (Phi) is 60.8. The van der Waals surface area contributed by atoms with Gasteiger partial charge >= 0.3 is 26.2 Å². The third-order valence-electron chi connectivity index (χ3n) is 17.0. The summed E-state index contributed by atoms with van der Waals surface area (Å²) in [5, 5.41) is 46.4. The average Bonchev–Trinajstić information content (AvgIpc) is 0.827. The summed E-state index contributed by atoms with van der Waals surface area (Å²) < 4.78 is 69.5. The smallest absolute Gasteiger partial charge is 0.723 e. The van der Waals surface area contributed by atoms with E-state index in [1.165, 1.54) is 0 Å². The Morgan fingerprint density at radius 1 is 0.229 bits per heavy atom. The maximum absolute atomic E-state index is 11.6. The van der Waals surface area contributed by atoms with Crippen LogP contribution < -0.4 is 58.9 Å². The van der Waals surface area contributed by atoms with Crippen LogP contribution in [0.5, 0.6) is 46.0 Å². The van der Waals surface area contributed by atoms with Crippen molar-refractivity contribution in [1.29, 1.82) is 0 Å². The van der Waals surface area contributed by atoms with Gasteiger partial charge in [0.05, 0.1) is 79.3 Å². The van der Waals surface area contributed by atoms with E-state index in [2.05, 4.69) is 103 Å². The van der Waals surface area contributed by atoms with Gasteiger partial charge in [0.15, 0.2) is 0 Å². The molecule has 0 N–H and O–H groups in total. The van der Waals surface area contributed by atoms with E-state index in [1.807, 2.05) is 72.8 Å². The van der Waals surface area contributed by atoms with Crippen LogP contribution in [0.1, 0.15) is 287 Å². The number of ether oxygens (including phenoxy) is 12. The number of rotatable bonds is 60. The Morgan fingerprint density at radius 2 is 0.381 bits per heavy atom. The number of benzene rings is 4. The summed E-state index contributed by atoms with van der Waals surface area (Å²) in [6.45, 7) is 40.4. The molecule has 0 saturated heterocycles. The Hall–Kier alpha value is -4.32. The van der Waals surface area contributed by atoms with Gasteiger partial charge in [-0.05, 0) is 178 Å². The van der Waals surface area contributed by atoms with Gasteiger partial charge in [-0.1, -0.05) is 160 Å². The van der Waals surface area contributed by atoms with Gasteiger partial charge in [-0.2, -0.15) is 0 Å². The fourth-order valence-corrected chi connectivity index (χ4v) is 9.84. The standard InChI is InChI=1S/4C21H36O5.Zr/c4*1-5-8-13-23-17-21(4,26-22)19-16-18(24-14-9-6-2)11-12-20(19)25-15-10-7-3;/h4*11-12,16,22H,5-10,13-15,17H2,1-4H3;/q;;;;+4/p-4. The molecule has 21 heteroatoms. The third kappa shape index (κ3) is 41.3. The topological polar surface area (TPSA) is 240 Å². The predicted octanol–water partition coefficient (Wildman–Crippen LogP) is 17.5. The molecule has 105 heavy (non-hydrogen) atoms. The van der Waals surface area contributed by atoms with Crippen LogP contribution >= 0.6 is 0 Å². The molecule has 0 saturated carbocycles. The van der Waals surface area contributed by atoms with Crippen LogP contribution in [-0.2, 0) is 87.1 Å². The van der Waals surface area contributed by atoms with Crippen LogP contribution in [0.15, 0.2) is 72.8 Å². The van der Waals surface area contributed by atoms with Crippen LogP contribution in [-0.4, -0.2) is 106 Å². The first kappa shape index (κ1) is 101. The molecule has 4 unspecified atom stereocenters. The fraction of sp³-hybridized carbons (Fsp3) is 0.714. The third-order valence-corrected chi connectivity index (χ3v) is 17.0. The van der Waals surface area contributed by atoms with Gasteiger partial charge in [0.2, 0.25) is 0 Å². The molecular weight excluding hydrogens is 1420 g/mol. The van der Waals surface area contributed by atoms with Crippen molar-refractivity contribution in [3.8, 4) is 46.0 Å². The summed E-state index contributed by atoms with van der Waals surface area (Å²) in [4.78, 5) is 18.5. The van der Waals surface area contributed by atoms with Crippen molar-refractivity contribution in [1.82, 2.24) is 0 Å². The number of hydrogen-bond donors (Lipinski definition) is 0. The first-order valence-electron chi connectivity index (χ1n) is 39.6. The van der Waals surface area contributed by atoms with Crippen molar-refractivity contribution in [2.75, 3.05) is 106 Å². The Bertz CT molecular complexity index is 2330. The first-order valence-corrected chi connectivity index (χ1v) is 39.6. The van der Waals surface area contributed by atoms with Gasteiger partial charge < -0.3 is 97.4 Å². The Morgan fingerprint density at radius 3 is 0.533 bits per heavy atom. The van der Waals surface area contributed by atoms with Crippen molar-refractivity contribution in [3.05, 3.63) is 95.1 Å². The molecule has 0 amide bonds. The molecule has 0 aliphatic carbocycles. The van der Waals surface area contributed by atoms with Crippen LogP contribution in [0, 0.1) is 0 Å². The molecule has 0 aliphatic heterocycles. The van der Waals surface area contributed by atoms with Gasteiger partial charge in [-0.25, -0.2) is 0 Å². The summed E-state index contributed by atoms with van der Waals surface area (Å²) in [5.41, 5.74) is -1.80. The molecule has 0 radical (unpaired) electrons. The summed E-state index contributed by atoms with van der Waals surface area (Å²) >= 11 is 0. The van der Waals surface area contributed by atoms with Gasteiger partial charge in [-0.15, -0.1) is 0 Å². The second kappa shape index (κ2) is 63.5. The zero-order chi connectivity index (χ0) is 77.0. The predicted molar refractivity (Wildman–Crippen MR) is 406 cm³/mol. The van der Waals surface area contributed by atoms with Gasteiger partial charge in [0, 0.05) is 48.7 Å². The largest absolute Gasteiger partial charge is 4.00 e. The summed E-state index contributed by atoms with van der Waals surface area (Å²) in [6, 6.07) is 22.3. The van der Waals surface area contributed by atoms with Gasteiger partial charge in [0.1, 0.15) is 68.4 Å². The van der Waals surface area contributed by atoms with Crippen LogP contribution in [0.4, 0.5) is 0 Å². The minimum Gasteiger partial charge on any atom is -0.723 e. The molecular formula is C84H140O20Zr. The monoisotopic (exact) mass is 1560 g/mol. The number of hydrogen-bond acceptors (Lipinski definition) is 20. The van der Waals surface area contributed by atoms with Crippen molar-refractivity contribution in [2.45, 2.75) is 287 Å². The normalized spacial score (nSPS) is 13.3. The zero-order valence-corrected chi connectivity index (χ0v) is 70.3. The maximum Gasteiger partial charge on any atom is 4.00 e. The molecule has 0 fully saturated rings. The van der Waals surface area contributed by atoms with Crippen LogP contribution in [0.25, 0.3) is 0 Å². The molecule has 0 bridgehead atoms.